The summed E-state index contributed by atoms with van der Waals surface area (Å²) in [5.74, 6) is -13.1. The summed E-state index contributed by atoms with van der Waals surface area (Å²) in [6.07, 6.45) is -30.1. The number of aliphatic imine (C=N–C) groups is 1. The fourth-order valence-corrected chi connectivity index (χ4v) is 15.0. The molecule has 0 bridgehead atoms. The summed E-state index contributed by atoms with van der Waals surface area (Å²) >= 11 is 0. The molecule has 2 aliphatic rings. The molecule has 604 valence electrons. The van der Waals surface area contributed by atoms with Crippen LogP contribution in [-0.2, 0) is 19.1 Å². The molecule has 2 aliphatic heterocycles. The number of esters is 2. The van der Waals surface area contributed by atoms with E-state index in [2.05, 4.69) is 26.2 Å². The van der Waals surface area contributed by atoms with Crippen LogP contribution in [0, 0.1) is 0 Å². The van der Waals surface area contributed by atoms with Gasteiger partial charge >= 0.3 is 36.6 Å². The lowest BCUT2D eigenvalue weighted by atomic mass is 9.80. The maximum Gasteiger partial charge on any atom is 0.434 e. The number of hydrogen-bond acceptors (Lipinski definition) is 14. The number of fused-ring (bicyclic) bond motifs is 2. The third-order valence-corrected chi connectivity index (χ3v) is 20.3. The molecule has 3 heterocycles. The van der Waals surface area contributed by atoms with Gasteiger partial charge in [-0.3, -0.25) is 39.0 Å². The fraction of sp³-hybridized carbons (Fsp3) is 0.0968. The van der Waals surface area contributed by atoms with Crippen LogP contribution >= 0.6 is 0 Å². The molecule has 0 saturated carbocycles. The second-order valence-corrected chi connectivity index (χ2v) is 27.9. The highest BCUT2D eigenvalue weighted by molar-refractivity contribution is 6.45. The van der Waals surface area contributed by atoms with Crippen molar-refractivity contribution < 1.29 is 110 Å². The summed E-state index contributed by atoms with van der Waals surface area (Å²) in [4.78, 5) is 103. The highest BCUT2D eigenvalue weighted by Gasteiger charge is 2.62. The van der Waals surface area contributed by atoms with E-state index < -0.39 is 152 Å². The maximum absolute atomic E-state index is 16.5. The molecule has 4 amide bonds. The molecule has 28 heteroatoms. The molecule has 0 radical (unpaired) electrons. The van der Waals surface area contributed by atoms with Gasteiger partial charge in [-0.05, 0) is 149 Å². The molecule has 13 aromatic carbocycles. The summed E-state index contributed by atoms with van der Waals surface area (Å²) in [6, 6.07) is 61.8. The molecular weight excluding hydrogens is 1590 g/mol. The van der Waals surface area contributed by atoms with Crippen molar-refractivity contribution in [2.45, 2.75) is 55.9 Å². The Morgan fingerprint density at radius 2 is 0.661 bits per heavy atom. The van der Waals surface area contributed by atoms with E-state index in [1.807, 2.05) is 48.5 Å². The van der Waals surface area contributed by atoms with Crippen molar-refractivity contribution in [2.75, 3.05) is 0 Å². The van der Waals surface area contributed by atoms with Crippen molar-refractivity contribution in [1.29, 1.82) is 0 Å². The van der Waals surface area contributed by atoms with Gasteiger partial charge in [-0.1, -0.05) is 182 Å². The summed E-state index contributed by atoms with van der Waals surface area (Å²) in [5, 5.41) is -2.24. The number of halogens is 12. The van der Waals surface area contributed by atoms with Crippen LogP contribution in [0.5, 0.6) is 46.0 Å². The Balaban J connectivity index is 1.06. The molecule has 1 aromatic heterocycles. The topological polar surface area (TPSA) is 190 Å². The third-order valence-electron chi connectivity index (χ3n) is 20.3. The van der Waals surface area contributed by atoms with Crippen LogP contribution in [-0.4, -0.2) is 100 Å². The number of carbonyl (C=O) groups excluding carboxylic acids is 6. The number of allylic oxidation sites excluding steroid dienone is 2. The highest BCUT2D eigenvalue weighted by Crippen LogP contribution is 2.59. The molecule has 0 spiro atoms. The van der Waals surface area contributed by atoms with Crippen molar-refractivity contribution in [3.05, 3.63) is 319 Å². The van der Waals surface area contributed by atoms with Crippen LogP contribution < -0.4 is 18.9 Å². The van der Waals surface area contributed by atoms with E-state index in [4.69, 9.17) is 18.9 Å². The van der Waals surface area contributed by atoms with Crippen molar-refractivity contribution in [2.24, 2.45) is 4.99 Å². The van der Waals surface area contributed by atoms with Gasteiger partial charge in [0.25, 0.3) is 35.8 Å². The molecule has 0 saturated heterocycles. The predicted octanol–water partition coefficient (Wildman–Crippen LogP) is 23.5. The smallest absolute Gasteiger partial charge is 0.434 e. The molecular formula is C93H56F12N4O12. The number of ether oxygens (including phenoxy) is 6. The third kappa shape index (κ3) is 15.3. The average Bonchev–Trinajstić information content (AvgIpc) is 0.669. The minimum atomic E-state index is -6.34. The lowest BCUT2D eigenvalue weighted by Crippen LogP contribution is -2.54. The van der Waals surface area contributed by atoms with E-state index in [0.717, 1.165) is 96.3 Å². The zero-order valence-corrected chi connectivity index (χ0v) is 62.4. The molecule has 121 heavy (non-hydrogen) atoms. The second kappa shape index (κ2) is 31.5. The Labute approximate surface area is 677 Å². The number of pyridine rings is 1. The van der Waals surface area contributed by atoms with E-state index in [1.54, 1.807) is 121 Å². The number of alkyl halides is 12. The van der Waals surface area contributed by atoms with Crippen molar-refractivity contribution in [3.63, 3.8) is 0 Å². The first-order chi connectivity index (χ1) is 57.9. The summed E-state index contributed by atoms with van der Waals surface area (Å²) in [5.41, 5.74) is 1.58. The Morgan fingerprint density at radius 3 is 0.942 bits per heavy atom. The van der Waals surface area contributed by atoms with Gasteiger partial charge in [0.1, 0.15) is 46.0 Å². The normalized spacial score (nSPS) is 13.9. The predicted molar refractivity (Wildman–Crippen MR) is 424 cm³/mol. The van der Waals surface area contributed by atoms with E-state index in [-0.39, 0.29) is 65.1 Å². The quantitative estimate of drug-likeness (QED) is 0.0119. The number of hydrogen-bond donors (Lipinski definition) is 0. The van der Waals surface area contributed by atoms with Crippen molar-refractivity contribution in [3.8, 4) is 90.5 Å². The molecule has 2 unspecified atom stereocenters. The number of rotatable bonds is 22. The van der Waals surface area contributed by atoms with E-state index in [1.165, 1.54) is 48.5 Å². The molecule has 16 rings (SSSR count). The molecule has 14 aromatic rings. The van der Waals surface area contributed by atoms with Gasteiger partial charge in [-0.2, -0.15) is 52.7 Å². The lowest BCUT2D eigenvalue weighted by molar-refractivity contribution is -0.314. The van der Waals surface area contributed by atoms with E-state index >= 15 is 19.2 Å². The fourth-order valence-electron chi connectivity index (χ4n) is 15.0. The number of aromatic nitrogens is 1. The SMILES string of the molecule is C=N/C=C\C=C(/C)C(C(=O)OC(C(F)(F)F)C(F)(F)F)N1C(=O)c2cc(Oc3ccc(-c4ccccc4)cc3)c3c4c(Oc5ccc(-c6ccccc6)cc5)cc5c6c(cc(Oc7ccc(-c8ccccc8)cc7)c(c7c(Oc8ccc(-c9ccccc9)cc8)cc(c2c37)C1=O)c64)C(=O)N(C(C(=O)OC(C(F)(F)F)C(F)(F)F)c1cccnc1)C5=O. The van der Waals surface area contributed by atoms with Gasteiger partial charge in [0.2, 0.25) is 0 Å². The minimum absolute atomic E-state index is 0.0525. The van der Waals surface area contributed by atoms with Crippen LogP contribution in [0.4, 0.5) is 52.7 Å². The molecule has 0 N–H and O–H groups in total. The highest BCUT2D eigenvalue weighted by atomic mass is 19.4. The van der Waals surface area contributed by atoms with Gasteiger partial charge in [-0.25, -0.2) is 9.59 Å². The first kappa shape index (κ1) is 79.9. The maximum atomic E-state index is 16.5. The van der Waals surface area contributed by atoms with Gasteiger partial charge < -0.3 is 28.4 Å². The number of benzene rings is 13. The van der Waals surface area contributed by atoms with Crippen LogP contribution in [0.1, 0.15) is 60.0 Å². The second-order valence-electron chi connectivity index (χ2n) is 27.9. The standard InChI is InChI=1S/C93H56F12N4O12/c1-50(17-15-43-106-2)80(86(114)120-88(90(94,95)96)91(97,98)99)108-82(110)64-45-68(116-60-35-27-55(28-36-60)51-18-7-3-8-19-51)74-76-70(118-62-39-31-57(32-40-62)53-22-11-5-12-23-53)47-66-73-67(85(113)109(84(66)112)81(59-26-16-44-107-49-59)87(115)121-89(92(100,101)102)93(103,104)105)48-71(119-63-41-33-58(34-42-63)54-24-13-6-14-25-54)77(79(73)76)75-69(46-65(83(108)111)72(64)78(74)75)117-61-37-29-56(30-38-61)52-20-9-4-10-21-52/h3-49,80-81,88-89H,2H2,1H3/b43-15-,50-17+. The molecule has 2 atom stereocenters. The van der Waals surface area contributed by atoms with Crippen molar-refractivity contribution >= 4 is 85.4 Å². The lowest BCUT2D eigenvalue weighted by Gasteiger charge is -2.36. The van der Waals surface area contributed by atoms with E-state index in [0.29, 0.717) is 22.3 Å². The van der Waals surface area contributed by atoms with Crippen LogP contribution in [0.3, 0.4) is 0 Å². The minimum Gasteiger partial charge on any atom is -0.457 e. The molecule has 0 aliphatic carbocycles. The Bertz CT molecular complexity index is 6170. The first-order valence-corrected chi connectivity index (χ1v) is 36.8. The van der Waals surface area contributed by atoms with Crippen LogP contribution in [0.25, 0.3) is 87.6 Å². The monoisotopic (exact) mass is 1650 g/mol. The zero-order valence-electron chi connectivity index (χ0n) is 62.4. The molecule has 16 nitrogen and oxygen atoms in total. The largest absolute Gasteiger partial charge is 0.457 e. The Hall–Kier alpha value is -15.0. The van der Waals surface area contributed by atoms with Gasteiger partial charge in [0, 0.05) is 67.2 Å². The van der Waals surface area contributed by atoms with Gasteiger partial charge in [-0.15, -0.1) is 0 Å². The van der Waals surface area contributed by atoms with Crippen LogP contribution in [0.15, 0.2) is 296 Å². The average molecular weight is 1650 g/mol. The number of carbonyl (C=O) groups is 6. The summed E-state index contributed by atoms with van der Waals surface area (Å²) < 4.78 is 213. The Kier molecular flexibility index (Phi) is 20.8. The summed E-state index contributed by atoms with van der Waals surface area (Å²) in [7, 11) is 0. The zero-order chi connectivity index (χ0) is 85.1. The Morgan fingerprint density at radius 1 is 0.372 bits per heavy atom. The first-order valence-electron chi connectivity index (χ1n) is 36.8. The van der Waals surface area contributed by atoms with E-state index in [9.17, 15) is 62.3 Å². The summed E-state index contributed by atoms with van der Waals surface area (Å²) in [6.45, 7) is 4.34. The molecule has 0 fully saturated rings. The van der Waals surface area contributed by atoms with Crippen LogP contribution in [0.2, 0.25) is 0 Å². The van der Waals surface area contributed by atoms with Gasteiger partial charge in [0.15, 0.2) is 12.1 Å². The number of amides is 4. The number of nitrogens with zero attached hydrogens (tertiary/aromatic N) is 4. The van der Waals surface area contributed by atoms with Gasteiger partial charge in [0.05, 0.1) is 22.3 Å². The number of imide groups is 2. The van der Waals surface area contributed by atoms with Crippen molar-refractivity contribution in [1.82, 2.24) is 14.8 Å².